The van der Waals surface area contributed by atoms with Crippen LogP contribution in [0.5, 0.6) is 5.75 Å². The summed E-state index contributed by atoms with van der Waals surface area (Å²) in [6, 6.07) is 19.5. The monoisotopic (exact) mass is 667 g/mol. The van der Waals surface area contributed by atoms with Gasteiger partial charge in [0, 0.05) is 15.8 Å². The standard InChI is InChI=1S/C31H27BrFN3O4S2/c1-2-3-6-17-40-23-15-11-19(12-16-23)26-25(27(37)20-9-13-22(32)14-10-20)28(38)29(39)36(26)30-34-35-31(42-30)41-18-21-7-4-5-8-24(21)33/h4-5,7-16,26,37H,2-3,6,17-18H2,1H3/b27-25-. The predicted molar refractivity (Wildman–Crippen MR) is 166 cm³/mol. The van der Waals surface area contributed by atoms with Gasteiger partial charge in [0.1, 0.15) is 17.3 Å². The van der Waals surface area contributed by atoms with Gasteiger partial charge in [-0.15, -0.1) is 10.2 Å². The van der Waals surface area contributed by atoms with E-state index in [1.165, 1.54) is 22.7 Å². The van der Waals surface area contributed by atoms with Crippen LogP contribution < -0.4 is 9.64 Å². The third kappa shape index (κ3) is 6.58. The topological polar surface area (TPSA) is 92.6 Å². The number of anilines is 1. The van der Waals surface area contributed by atoms with E-state index in [0.29, 0.717) is 39.1 Å². The minimum Gasteiger partial charge on any atom is -0.507 e. The molecule has 1 unspecified atom stereocenters. The van der Waals surface area contributed by atoms with Crippen molar-refractivity contribution >= 4 is 61.6 Å². The number of ketones is 1. The summed E-state index contributed by atoms with van der Waals surface area (Å²) in [7, 11) is 0. The molecular formula is C31H27BrFN3O4S2. The normalized spacial score (nSPS) is 16.3. The Morgan fingerprint density at radius 1 is 1.05 bits per heavy atom. The molecule has 7 nitrogen and oxygen atoms in total. The van der Waals surface area contributed by atoms with Crippen molar-refractivity contribution in [3.05, 3.63) is 105 Å². The molecule has 1 aromatic heterocycles. The number of nitrogens with zero attached hydrogens (tertiary/aromatic N) is 3. The number of hydrogen-bond donors (Lipinski definition) is 1. The molecule has 5 rings (SSSR count). The van der Waals surface area contributed by atoms with Gasteiger partial charge in [-0.2, -0.15) is 0 Å². The Morgan fingerprint density at radius 3 is 2.50 bits per heavy atom. The molecular weight excluding hydrogens is 641 g/mol. The van der Waals surface area contributed by atoms with Gasteiger partial charge in [-0.3, -0.25) is 14.5 Å². The molecule has 0 spiro atoms. The number of halogens is 2. The number of hydrogen-bond acceptors (Lipinski definition) is 8. The number of Topliss-reactive ketones (excluding diaryl/α,β-unsaturated/α-hetero) is 1. The van der Waals surface area contributed by atoms with Gasteiger partial charge in [0.25, 0.3) is 5.78 Å². The van der Waals surface area contributed by atoms with Crippen molar-refractivity contribution in [2.75, 3.05) is 11.5 Å². The number of aromatic nitrogens is 2. The minimum atomic E-state index is -0.944. The van der Waals surface area contributed by atoms with E-state index in [2.05, 4.69) is 33.1 Å². The molecule has 4 aromatic rings. The largest absolute Gasteiger partial charge is 0.507 e. The zero-order valence-corrected chi connectivity index (χ0v) is 25.8. The number of rotatable bonds is 11. The Kier molecular flexibility index (Phi) is 9.71. The van der Waals surface area contributed by atoms with E-state index in [1.54, 1.807) is 66.7 Å². The number of aliphatic hydroxyl groups is 1. The van der Waals surface area contributed by atoms with E-state index < -0.39 is 17.7 Å². The van der Waals surface area contributed by atoms with Gasteiger partial charge in [-0.05, 0) is 47.9 Å². The fourth-order valence-electron chi connectivity index (χ4n) is 4.51. The maximum Gasteiger partial charge on any atom is 0.301 e. The highest BCUT2D eigenvalue weighted by Crippen LogP contribution is 2.44. The van der Waals surface area contributed by atoms with Crippen LogP contribution in [0.1, 0.15) is 48.9 Å². The van der Waals surface area contributed by atoms with Crippen LogP contribution in [0.15, 0.2) is 87.2 Å². The highest BCUT2D eigenvalue weighted by Gasteiger charge is 2.48. The average molecular weight is 669 g/mol. The lowest BCUT2D eigenvalue weighted by Gasteiger charge is -2.22. The highest BCUT2D eigenvalue weighted by molar-refractivity contribution is 9.10. The van der Waals surface area contributed by atoms with E-state index in [4.69, 9.17) is 4.74 Å². The van der Waals surface area contributed by atoms with Gasteiger partial charge in [-0.25, -0.2) is 4.39 Å². The van der Waals surface area contributed by atoms with Crippen molar-refractivity contribution in [1.82, 2.24) is 10.2 Å². The second-order valence-corrected chi connectivity index (χ2v) is 12.6. The number of amides is 1. The third-order valence-electron chi connectivity index (χ3n) is 6.69. The molecule has 0 radical (unpaired) electrons. The number of benzene rings is 3. The quantitative estimate of drug-likeness (QED) is 0.0434. The van der Waals surface area contributed by atoms with E-state index in [-0.39, 0.29) is 22.3 Å². The number of aliphatic hydroxyl groups excluding tert-OH is 1. The Bertz CT molecular complexity index is 1610. The third-order valence-corrected chi connectivity index (χ3v) is 9.32. The number of thioether (sulfide) groups is 1. The van der Waals surface area contributed by atoms with Crippen molar-refractivity contribution in [1.29, 1.82) is 0 Å². The zero-order valence-electron chi connectivity index (χ0n) is 22.6. The maximum absolute atomic E-state index is 14.1. The summed E-state index contributed by atoms with van der Waals surface area (Å²) in [5, 5.41) is 19.9. The maximum atomic E-state index is 14.1. The molecule has 1 fully saturated rings. The molecule has 1 N–H and O–H groups in total. The smallest absolute Gasteiger partial charge is 0.301 e. The van der Waals surface area contributed by atoms with Crippen LogP contribution in [0.25, 0.3) is 5.76 Å². The predicted octanol–water partition coefficient (Wildman–Crippen LogP) is 7.93. The van der Waals surface area contributed by atoms with Gasteiger partial charge in [0.05, 0.1) is 18.2 Å². The van der Waals surface area contributed by atoms with Crippen molar-refractivity contribution in [3.63, 3.8) is 0 Å². The van der Waals surface area contributed by atoms with Crippen LogP contribution in [-0.4, -0.2) is 33.6 Å². The lowest BCUT2D eigenvalue weighted by atomic mass is 9.95. The molecule has 1 aliphatic rings. The molecule has 11 heteroatoms. The molecule has 1 amide bonds. The van der Waals surface area contributed by atoms with E-state index in [1.807, 2.05) is 0 Å². The van der Waals surface area contributed by atoms with Crippen molar-refractivity contribution in [2.45, 2.75) is 42.3 Å². The summed E-state index contributed by atoms with van der Waals surface area (Å²) < 4.78 is 21.3. The number of carbonyl (C=O) groups excluding carboxylic acids is 2. The molecule has 42 heavy (non-hydrogen) atoms. The van der Waals surface area contributed by atoms with Gasteiger partial charge < -0.3 is 9.84 Å². The minimum absolute atomic E-state index is 0.0466. The second kappa shape index (κ2) is 13.6. The Balaban J connectivity index is 1.49. The van der Waals surface area contributed by atoms with Crippen LogP contribution in [0.3, 0.4) is 0 Å². The molecule has 216 valence electrons. The van der Waals surface area contributed by atoms with Gasteiger partial charge in [0.2, 0.25) is 5.13 Å². The molecule has 3 aromatic carbocycles. The molecule has 2 heterocycles. The van der Waals surface area contributed by atoms with Crippen LogP contribution in [0.2, 0.25) is 0 Å². The van der Waals surface area contributed by atoms with Crippen LogP contribution in [0.4, 0.5) is 9.52 Å². The van der Waals surface area contributed by atoms with Crippen LogP contribution in [0, 0.1) is 5.82 Å². The molecule has 1 atom stereocenters. The summed E-state index contributed by atoms with van der Waals surface area (Å²) in [6.07, 6.45) is 3.11. The lowest BCUT2D eigenvalue weighted by Crippen LogP contribution is -2.29. The van der Waals surface area contributed by atoms with Crippen molar-refractivity contribution in [2.24, 2.45) is 0 Å². The fourth-order valence-corrected chi connectivity index (χ4v) is 6.63. The Morgan fingerprint density at radius 2 is 1.79 bits per heavy atom. The average Bonchev–Trinajstić information content (AvgIpc) is 3.57. The van der Waals surface area contributed by atoms with Gasteiger partial charge in [-0.1, -0.05) is 101 Å². The number of ether oxygens (including phenoxy) is 1. The molecule has 1 saturated heterocycles. The van der Waals surface area contributed by atoms with E-state index in [9.17, 15) is 19.1 Å². The van der Waals surface area contributed by atoms with Crippen molar-refractivity contribution < 1.29 is 23.8 Å². The zero-order chi connectivity index (χ0) is 29.6. The van der Waals surface area contributed by atoms with Crippen LogP contribution >= 0.6 is 39.0 Å². The summed E-state index contributed by atoms with van der Waals surface area (Å²) >= 11 is 5.79. The number of unbranched alkanes of at least 4 members (excludes halogenated alkanes) is 2. The first-order valence-corrected chi connectivity index (χ1v) is 16.0. The summed E-state index contributed by atoms with van der Waals surface area (Å²) in [6.45, 7) is 2.72. The van der Waals surface area contributed by atoms with Crippen molar-refractivity contribution in [3.8, 4) is 5.75 Å². The Labute approximate surface area is 259 Å². The molecule has 0 saturated carbocycles. The van der Waals surface area contributed by atoms with E-state index >= 15 is 0 Å². The first-order valence-electron chi connectivity index (χ1n) is 13.4. The van der Waals surface area contributed by atoms with E-state index in [0.717, 1.165) is 35.1 Å². The molecule has 0 bridgehead atoms. The summed E-state index contributed by atoms with van der Waals surface area (Å²) in [5.41, 5.74) is 1.47. The first kappa shape index (κ1) is 29.9. The highest BCUT2D eigenvalue weighted by atomic mass is 79.9. The summed E-state index contributed by atoms with van der Waals surface area (Å²) in [4.78, 5) is 28.2. The second-order valence-electron chi connectivity index (χ2n) is 9.53. The SMILES string of the molecule is CCCCCOc1ccc(C2/C(=C(/O)c3ccc(Br)cc3)C(=O)C(=O)N2c2nnc(SCc3ccccc3F)s2)cc1. The first-order chi connectivity index (χ1) is 20.4. The molecule has 1 aliphatic heterocycles. The van der Waals surface area contributed by atoms with Gasteiger partial charge in [0.15, 0.2) is 4.34 Å². The van der Waals surface area contributed by atoms with Crippen LogP contribution in [-0.2, 0) is 15.3 Å². The fraction of sp³-hybridized carbons (Fsp3) is 0.226. The van der Waals surface area contributed by atoms with Gasteiger partial charge >= 0.3 is 5.91 Å². The Hall–Kier alpha value is -3.54. The number of carbonyl (C=O) groups is 2. The lowest BCUT2D eigenvalue weighted by molar-refractivity contribution is -0.132. The summed E-state index contributed by atoms with van der Waals surface area (Å²) in [5.74, 6) is -1.25. The molecule has 0 aliphatic carbocycles.